The second-order valence-corrected chi connectivity index (χ2v) is 8.73. The van der Waals surface area contributed by atoms with Crippen LogP contribution < -0.4 is 5.32 Å². The van der Waals surface area contributed by atoms with Crippen LogP contribution in [-0.4, -0.2) is 48.1 Å². The Morgan fingerprint density at radius 1 is 1.20 bits per heavy atom. The van der Waals surface area contributed by atoms with Crippen molar-refractivity contribution in [3.05, 3.63) is 33.8 Å². The molecule has 0 amide bonds. The Kier molecular flexibility index (Phi) is 9.93. The molecule has 0 heterocycles. The van der Waals surface area contributed by atoms with Gasteiger partial charge in [-0.1, -0.05) is 29.3 Å². The average Bonchev–Trinajstić information content (AvgIpc) is 2.54. The van der Waals surface area contributed by atoms with Crippen molar-refractivity contribution in [1.29, 1.82) is 0 Å². The Hall–Kier alpha value is -0.170. The van der Waals surface area contributed by atoms with Crippen molar-refractivity contribution in [1.82, 2.24) is 5.32 Å². The zero-order chi connectivity index (χ0) is 19.0. The number of halogens is 2. The molecule has 0 fully saturated rings. The lowest BCUT2D eigenvalue weighted by molar-refractivity contribution is -0.0876. The van der Waals surface area contributed by atoms with E-state index in [1.807, 2.05) is 13.0 Å². The first kappa shape index (κ1) is 22.9. The number of ether oxygens (including phenoxy) is 2. The standard InChI is InChI=1S/C16H26Cl2NO5P/c1-4-23-16(24-5-2)25(21,22)10-13(20)9-19-11(3)12-6-7-14(17)15(18)8-12/h6-8,11,13,16,19-20H,4-5,9-10H2,1-3H3,(H,21,22)/t11-,13-/m0/s1. The van der Waals surface area contributed by atoms with Gasteiger partial charge in [-0.3, -0.25) is 4.57 Å². The summed E-state index contributed by atoms with van der Waals surface area (Å²) in [4.78, 5) is 10.1. The van der Waals surface area contributed by atoms with E-state index in [0.29, 0.717) is 10.0 Å². The fourth-order valence-corrected chi connectivity index (χ4v) is 4.21. The SMILES string of the molecule is CCOC(OCC)P(=O)(O)C[C@@H](O)CN[C@@H](C)c1ccc(Cl)c(Cl)c1. The molecule has 0 aromatic heterocycles. The largest absolute Gasteiger partial charge is 0.391 e. The van der Waals surface area contributed by atoms with E-state index < -0.39 is 19.5 Å². The van der Waals surface area contributed by atoms with Gasteiger partial charge in [-0.25, -0.2) is 0 Å². The van der Waals surface area contributed by atoms with Gasteiger partial charge in [0.2, 0.25) is 6.03 Å². The predicted octanol–water partition coefficient (Wildman–Crippen LogP) is 3.63. The molecule has 1 rings (SSSR count). The van der Waals surface area contributed by atoms with Gasteiger partial charge in [0, 0.05) is 25.8 Å². The first-order valence-corrected chi connectivity index (χ1v) is 10.8. The summed E-state index contributed by atoms with van der Waals surface area (Å²) in [5, 5.41) is 14.1. The van der Waals surface area contributed by atoms with Gasteiger partial charge in [0.05, 0.1) is 22.3 Å². The Morgan fingerprint density at radius 2 is 1.80 bits per heavy atom. The molecule has 0 aliphatic carbocycles. The number of hydrogen-bond donors (Lipinski definition) is 3. The van der Waals surface area contributed by atoms with Crippen LogP contribution in [0.15, 0.2) is 18.2 Å². The molecule has 1 aromatic carbocycles. The average molecular weight is 414 g/mol. The summed E-state index contributed by atoms with van der Waals surface area (Å²) in [5.74, 6) is 0. The highest BCUT2D eigenvalue weighted by Crippen LogP contribution is 2.47. The van der Waals surface area contributed by atoms with E-state index >= 15 is 0 Å². The monoisotopic (exact) mass is 413 g/mol. The quantitative estimate of drug-likeness (QED) is 0.379. The lowest BCUT2D eigenvalue weighted by atomic mass is 10.1. The third kappa shape index (κ3) is 7.53. The third-order valence-electron chi connectivity index (χ3n) is 3.52. The van der Waals surface area contributed by atoms with Crippen LogP contribution in [-0.2, 0) is 14.0 Å². The molecular weight excluding hydrogens is 388 g/mol. The Bertz CT molecular complexity index is 584. The summed E-state index contributed by atoms with van der Waals surface area (Å²) in [7, 11) is -3.81. The van der Waals surface area contributed by atoms with Crippen molar-refractivity contribution in [2.75, 3.05) is 25.9 Å². The first-order chi connectivity index (χ1) is 11.7. The van der Waals surface area contributed by atoms with Gasteiger partial charge in [-0.2, -0.15) is 0 Å². The van der Waals surface area contributed by atoms with Crippen LogP contribution in [0.2, 0.25) is 10.0 Å². The van der Waals surface area contributed by atoms with Crippen LogP contribution in [0.3, 0.4) is 0 Å². The number of hydrogen-bond acceptors (Lipinski definition) is 5. The zero-order valence-electron chi connectivity index (χ0n) is 14.6. The van der Waals surface area contributed by atoms with Crippen LogP contribution in [0.5, 0.6) is 0 Å². The molecular formula is C16H26Cl2NO5P. The molecule has 0 bridgehead atoms. The second-order valence-electron chi connectivity index (χ2n) is 5.61. The maximum atomic E-state index is 12.4. The van der Waals surface area contributed by atoms with Crippen LogP contribution in [0.25, 0.3) is 0 Å². The van der Waals surface area contributed by atoms with Gasteiger partial charge in [0.25, 0.3) is 7.37 Å². The van der Waals surface area contributed by atoms with Gasteiger partial charge in [0.1, 0.15) is 0 Å². The van der Waals surface area contributed by atoms with Crippen molar-refractivity contribution in [2.45, 2.75) is 38.9 Å². The summed E-state index contributed by atoms with van der Waals surface area (Å²) in [6, 6.07) is 3.94. The second kappa shape index (κ2) is 10.9. The van der Waals surface area contributed by atoms with Crippen LogP contribution >= 0.6 is 30.6 Å². The zero-order valence-corrected chi connectivity index (χ0v) is 17.0. The van der Waals surface area contributed by atoms with Gasteiger partial charge >= 0.3 is 0 Å². The molecule has 0 saturated heterocycles. The predicted molar refractivity (Wildman–Crippen MR) is 101 cm³/mol. The molecule has 3 N–H and O–H groups in total. The van der Waals surface area contributed by atoms with Crippen molar-refractivity contribution in [3.63, 3.8) is 0 Å². The maximum Gasteiger partial charge on any atom is 0.257 e. The Labute approximate surface area is 158 Å². The van der Waals surface area contributed by atoms with Crippen LogP contribution in [0.1, 0.15) is 32.4 Å². The first-order valence-electron chi connectivity index (χ1n) is 8.12. The highest BCUT2D eigenvalue weighted by molar-refractivity contribution is 7.58. The van der Waals surface area contributed by atoms with Crippen LogP contribution in [0, 0.1) is 0 Å². The molecule has 0 aliphatic rings. The number of aliphatic hydroxyl groups is 1. The van der Waals surface area contributed by atoms with Gasteiger partial charge < -0.3 is 24.8 Å². The molecule has 144 valence electrons. The summed E-state index contributed by atoms with van der Waals surface area (Å²) in [6.07, 6.45) is -1.34. The molecule has 0 saturated carbocycles. The van der Waals surface area contributed by atoms with Crippen molar-refractivity contribution in [3.8, 4) is 0 Å². The number of benzene rings is 1. The Balaban J connectivity index is 2.58. The van der Waals surface area contributed by atoms with E-state index in [1.54, 1.807) is 26.0 Å². The topological polar surface area (TPSA) is 88.0 Å². The molecule has 9 heteroatoms. The lowest BCUT2D eigenvalue weighted by Gasteiger charge is -2.25. The maximum absolute atomic E-state index is 12.4. The summed E-state index contributed by atoms with van der Waals surface area (Å²) in [5.41, 5.74) is 0.898. The lowest BCUT2D eigenvalue weighted by Crippen LogP contribution is -2.33. The minimum absolute atomic E-state index is 0.114. The van der Waals surface area contributed by atoms with Gasteiger partial charge in [-0.05, 0) is 38.5 Å². The van der Waals surface area contributed by atoms with Crippen molar-refractivity contribution >= 4 is 30.6 Å². The van der Waals surface area contributed by atoms with E-state index in [1.165, 1.54) is 0 Å². The molecule has 25 heavy (non-hydrogen) atoms. The van der Waals surface area contributed by atoms with Crippen molar-refractivity contribution in [2.24, 2.45) is 0 Å². The highest BCUT2D eigenvalue weighted by Gasteiger charge is 2.34. The van der Waals surface area contributed by atoms with Gasteiger partial charge in [-0.15, -0.1) is 0 Å². The molecule has 1 unspecified atom stereocenters. The van der Waals surface area contributed by atoms with Crippen molar-refractivity contribution < 1.29 is 24.0 Å². The number of rotatable bonds is 11. The minimum Gasteiger partial charge on any atom is -0.391 e. The molecule has 0 spiro atoms. The number of aliphatic hydroxyl groups excluding tert-OH is 1. The number of nitrogens with one attached hydrogen (secondary N) is 1. The summed E-state index contributed by atoms with van der Waals surface area (Å²) >= 11 is 11.9. The van der Waals surface area contributed by atoms with E-state index in [4.69, 9.17) is 32.7 Å². The highest BCUT2D eigenvalue weighted by atomic mass is 35.5. The minimum atomic E-state index is -3.81. The van der Waals surface area contributed by atoms with E-state index in [0.717, 1.165) is 5.56 Å². The van der Waals surface area contributed by atoms with Gasteiger partial charge in [0.15, 0.2) is 0 Å². The van der Waals surface area contributed by atoms with E-state index in [9.17, 15) is 14.6 Å². The molecule has 6 nitrogen and oxygen atoms in total. The smallest absolute Gasteiger partial charge is 0.257 e. The summed E-state index contributed by atoms with van der Waals surface area (Å²) in [6.45, 7) is 5.95. The Morgan fingerprint density at radius 3 is 2.32 bits per heavy atom. The normalized spacial score (nSPS) is 16.6. The fraction of sp³-hybridized carbons (Fsp3) is 0.625. The molecule has 1 aromatic rings. The van der Waals surface area contributed by atoms with E-state index in [2.05, 4.69) is 5.32 Å². The third-order valence-corrected chi connectivity index (χ3v) is 6.16. The fourth-order valence-electron chi connectivity index (χ4n) is 2.23. The summed E-state index contributed by atoms with van der Waals surface area (Å²) < 4.78 is 22.7. The van der Waals surface area contributed by atoms with E-state index in [-0.39, 0.29) is 32.0 Å². The molecule has 0 radical (unpaired) electrons. The molecule has 3 atom stereocenters. The molecule has 0 aliphatic heterocycles. The van der Waals surface area contributed by atoms with Crippen LogP contribution in [0.4, 0.5) is 0 Å².